The van der Waals surface area contributed by atoms with Crippen molar-refractivity contribution in [2.75, 3.05) is 56.7 Å². The third kappa shape index (κ3) is 6.53. The maximum Gasteiger partial charge on any atom is 0.280 e. The number of fused-ring (bicyclic) bond motifs is 1. The molecule has 13 heteroatoms. The summed E-state index contributed by atoms with van der Waals surface area (Å²) in [6, 6.07) is 10.1. The number of hydrogen-bond acceptors (Lipinski definition) is 11. The highest BCUT2D eigenvalue weighted by atomic mass is 32.2. The Kier molecular flexibility index (Phi) is 8.20. The standard InChI is InChI=1S/C28H34N6O5S2/c1-33(15-16-34-13-2-3-14-34)24-11-10-23-27(30-24)40-28(29-23)31-26(35)25(32-39-20-12-17-38-18-20)19-4-6-21(7-5-19)41(36,37)22-8-9-22/h4-7,10-11,20,22H,2-3,8-9,12-18H2,1H3,(H,29,31,35)/b32-25+. The minimum Gasteiger partial charge on any atom is -0.389 e. The Balaban J connectivity index is 1.18. The van der Waals surface area contributed by atoms with Gasteiger partial charge in [-0.15, -0.1) is 0 Å². The van der Waals surface area contributed by atoms with Gasteiger partial charge in [0.2, 0.25) is 0 Å². The highest BCUT2D eigenvalue weighted by molar-refractivity contribution is 7.92. The summed E-state index contributed by atoms with van der Waals surface area (Å²) in [6.07, 6.45) is 4.33. The first-order valence-corrected chi connectivity index (χ1v) is 16.4. The van der Waals surface area contributed by atoms with Crippen LogP contribution < -0.4 is 10.2 Å². The van der Waals surface area contributed by atoms with E-state index in [4.69, 9.17) is 14.6 Å². The van der Waals surface area contributed by atoms with Gasteiger partial charge in [0.1, 0.15) is 16.2 Å². The molecular weight excluding hydrogens is 564 g/mol. The fraction of sp³-hybridized carbons (Fsp3) is 0.500. The molecule has 3 fully saturated rings. The number of anilines is 2. The first-order chi connectivity index (χ1) is 19.9. The number of nitrogens with zero attached hydrogens (tertiary/aromatic N) is 5. The predicted molar refractivity (Wildman–Crippen MR) is 158 cm³/mol. The smallest absolute Gasteiger partial charge is 0.280 e. The Morgan fingerprint density at radius 2 is 1.93 bits per heavy atom. The van der Waals surface area contributed by atoms with Gasteiger partial charge < -0.3 is 19.4 Å². The number of likely N-dealkylation sites (N-methyl/N-ethyl adjacent to an activating group) is 1. The third-order valence-corrected chi connectivity index (χ3v) is 10.8. The molecule has 3 aromatic rings. The lowest BCUT2D eigenvalue weighted by Gasteiger charge is -2.22. The number of amides is 1. The zero-order chi connectivity index (χ0) is 28.4. The molecule has 1 aliphatic carbocycles. The van der Waals surface area contributed by atoms with Crippen LogP contribution in [-0.4, -0.2) is 92.7 Å². The summed E-state index contributed by atoms with van der Waals surface area (Å²) in [5.41, 5.74) is 1.16. The number of likely N-dealkylation sites (tertiary alicyclic amines) is 1. The van der Waals surface area contributed by atoms with Crippen LogP contribution >= 0.6 is 11.3 Å². The molecule has 0 bridgehead atoms. The number of benzene rings is 1. The molecule has 3 aliphatic rings. The minimum absolute atomic E-state index is 0.0295. The summed E-state index contributed by atoms with van der Waals surface area (Å²) in [6.45, 7) is 5.18. The van der Waals surface area contributed by atoms with Crippen molar-refractivity contribution in [2.24, 2.45) is 5.16 Å². The Bertz CT molecular complexity index is 1530. The van der Waals surface area contributed by atoms with Gasteiger partial charge in [-0.2, -0.15) is 0 Å². The first kappa shape index (κ1) is 28.0. The number of aromatic nitrogens is 2. The van der Waals surface area contributed by atoms with Crippen LogP contribution in [0.2, 0.25) is 0 Å². The lowest BCUT2D eigenvalue weighted by molar-refractivity contribution is -0.110. The van der Waals surface area contributed by atoms with Crippen molar-refractivity contribution >= 4 is 54.1 Å². The van der Waals surface area contributed by atoms with E-state index in [1.165, 1.54) is 36.3 Å². The van der Waals surface area contributed by atoms with E-state index in [0.717, 1.165) is 36.8 Å². The number of rotatable bonds is 11. The first-order valence-electron chi connectivity index (χ1n) is 14.0. The highest BCUT2D eigenvalue weighted by Gasteiger charge is 2.37. The number of carbonyl (C=O) groups is 1. The number of sulfone groups is 1. The van der Waals surface area contributed by atoms with E-state index in [-0.39, 0.29) is 22.0 Å². The molecular formula is C28H34N6O5S2. The van der Waals surface area contributed by atoms with E-state index < -0.39 is 15.7 Å². The molecule has 1 unspecified atom stereocenters. The SMILES string of the molecule is CN(CCN1CCCC1)c1ccc2nc(NC(=O)/C(=N/OC3CCOC3)c3ccc(S(=O)(=O)C4CC4)cc3)sc2n1. The van der Waals surface area contributed by atoms with Crippen molar-refractivity contribution in [2.45, 2.75) is 48.4 Å². The summed E-state index contributed by atoms with van der Waals surface area (Å²) in [4.78, 5) is 34.0. The molecule has 0 radical (unpaired) electrons. The zero-order valence-electron chi connectivity index (χ0n) is 23.0. The maximum atomic E-state index is 13.4. The quantitative estimate of drug-likeness (QED) is 0.261. The summed E-state index contributed by atoms with van der Waals surface area (Å²) in [5, 5.41) is 7.10. The molecule has 1 aromatic carbocycles. The molecule has 41 heavy (non-hydrogen) atoms. The van der Waals surface area contributed by atoms with Gasteiger partial charge in [0.05, 0.1) is 23.4 Å². The van der Waals surface area contributed by atoms with E-state index in [2.05, 4.69) is 25.3 Å². The van der Waals surface area contributed by atoms with Crippen molar-refractivity contribution in [3.05, 3.63) is 42.0 Å². The molecule has 218 valence electrons. The van der Waals surface area contributed by atoms with Gasteiger partial charge in [0.25, 0.3) is 5.91 Å². The van der Waals surface area contributed by atoms with Gasteiger partial charge in [-0.05, 0) is 63.0 Å². The van der Waals surface area contributed by atoms with Crippen LogP contribution in [0.5, 0.6) is 0 Å². The Morgan fingerprint density at radius 1 is 1.15 bits per heavy atom. The van der Waals surface area contributed by atoms with E-state index in [9.17, 15) is 13.2 Å². The van der Waals surface area contributed by atoms with Gasteiger partial charge in [-0.3, -0.25) is 10.1 Å². The molecule has 1 atom stereocenters. The second kappa shape index (κ2) is 12.0. The monoisotopic (exact) mass is 598 g/mol. The highest BCUT2D eigenvalue weighted by Crippen LogP contribution is 2.33. The van der Waals surface area contributed by atoms with Crippen LogP contribution in [0.15, 0.2) is 46.4 Å². The molecule has 11 nitrogen and oxygen atoms in total. The number of oxime groups is 1. The van der Waals surface area contributed by atoms with Gasteiger partial charge in [-0.25, -0.2) is 18.4 Å². The Hall–Kier alpha value is -3.13. The summed E-state index contributed by atoms with van der Waals surface area (Å²) in [5.74, 6) is 0.345. The number of ether oxygens (including phenoxy) is 1. The molecule has 1 N–H and O–H groups in total. The van der Waals surface area contributed by atoms with Gasteiger partial charge in [0.15, 0.2) is 26.8 Å². The van der Waals surface area contributed by atoms with Crippen LogP contribution in [0, 0.1) is 0 Å². The van der Waals surface area contributed by atoms with Crippen LogP contribution in [0.1, 0.15) is 37.7 Å². The maximum absolute atomic E-state index is 13.4. The molecule has 1 saturated carbocycles. The summed E-state index contributed by atoms with van der Waals surface area (Å²) in [7, 11) is -1.31. The zero-order valence-corrected chi connectivity index (χ0v) is 24.6. The number of hydrogen-bond donors (Lipinski definition) is 1. The second-order valence-electron chi connectivity index (χ2n) is 10.7. The predicted octanol–water partition coefficient (Wildman–Crippen LogP) is 3.31. The van der Waals surface area contributed by atoms with Crippen molar-refractivity contribution < 1.29 is 22.8 Å². The number of thiazole rings is 1. The Labute approximate surface area is 243 Å². The molecule has 6 rings (SSSR count). The van der Waals surface area contributed by atoms with E-state index >= 15 is 0 Å². The van der Waals surface area contributed by atoms with Gasteiger partial charge >= 0.3 is 0 Å². The molecule has 0 spiro atoms. The second-order valence-corrected chi connectivity index (χ2v) is 13.9. The van der Waals surface area contributed by atoms with Crippen molar-refractivity contribution in [3.8, 4) is 0 Å². The fourth-order valence-corrected chi connectivity index (χ4v) is 7.45. The third-order valence-electron chi connectivity index (χ3n) is 7.62. The van der Waals surface area contributed by atoms with E-state index in [1.807, 2.05) is 19.2 Å². The van der Waals surface area contributed by atoms with Crippen molar-refractivity contribution in [1.82, 2.24) is 14.9 Å². The van der Waals surface area contributed by atoms with Gasteiger partial charge in [0, 0.05) is 32.1 Å². The summed E-state index contributed by atoms with van der Waals surface area (Å²) < 4.78 is 30.6. The van der Waals surface area contributed by atoms with E-state index in [1.54, 1.807) is 12.1 Å². The normalized spacial score (nSPS) is 20.0. The Morgan fingerprint density at radius 3 is 2.63 bits per heavy atom. The lowest BCUT2D eigenvalue weighted by Crippen LogP contribution is -2.31. The average molecular weight is 599 g/mol. The van der Waals surface area contributed by atoms with Crippen molar-refractivity contribution in [1.29, 1.82) is 0 Å². The van der Waals surface area contributed by atoms with Crippen LogP contribution in [0.3, 0.4) is 0 Å². The van der Waals surface area contributed by atoms with Crippen LogP contribution in [0.25, 0.3) is 10.3 Å². The summed E-state index contributed by atoms with van der Waals surface area (Å²) >= 11 is 1.29. The van der Waals surface area contributed by atoms with Crippen molar-refractivity contribution in [3.63, 3.8) is 0 Å². The average Bonchev–Trinajstić information content (AvgIpc) is 3.32. The molecule has 1 amide bonds. The lowest BCUT2D eigenvalue weighted by atomic mass is 10.1. The fourth-order valence-electron chi connectivity index (χ4n) is 4.96. The molecule has 2 aromatic heterocycles. The van der Waals surface area contributed by atoms with E-state index in [0.29, 0.717) is 48.7 Å². The molecule has 4 heterocycles. The van der Waals surface area contributed by atoms with Gasteiger partial charge in [-0.1, -0.05) is 28.6 Å². The number of carbonyl (C=O) groups excluding carboxylic acids is 1. The number of nitrogens with one attached hydrogen (secondary N) is 1. The van der Waals surface area contributed by atoms with Crippen LogP contribution in [0.4, 0.5) is 10.9 Å². The van der Waals surface area contributed by atoms with Crippen LogP contribution in [-0.2, 0) is 24.2 Å². The minimum atomic E-state index is -3.34. The topological polar surface area (TPSA) is 126 Å². The molecule has 2 saturated heterocycles. The largest absolute Gasteiger partial charge is 0.389 e. The molecule has 2 aliphatic heterocycles. The number of pyridine rings is 1.